The number of primary amides is 1. The van der Waals surface area contributed by atoms with Gasteiger partial charge in [-0.3, -0.25) is 14.4 Å². The number of esters is 1. The first-order valence-electron chi connectivity index (χ1n) is 7.36. The van der Waals surface area contributed by atoms with E-state index in [1.54, 1.807) is 0 Å². The Labute approximate surface area is 129 Å². The first-order valence-corrected chi connectivity index (χ1v) is 7.36. The number of hydrogen-bond acceptors (Lipinski definition) is 4. The van der Waals surface area contributed by atoms with Gasteiger partial charge in [-0.2, -0.15) is 0 Å². The van der Waals surface area contributed by atoms with E-state index in [2.05, 4.69) is 0 Å². The van der Waals surface area contributed by atoms with Crippen LogP contribution < -0.4 is 5.73 Å². The van der Waals surface area contributed by atoms with Gasteiger partial charge < -0.3 is 15.4 Å². The topological polar surface area (TPSA) is 89.7 Å². The second-order valence-corrected chi connectivity index (χ2v) is 5.29. The van der Waals surface area contributed by atoms with Crippen molar-refractivity contribution in [2.75, 3.05) is 6.54 Å². The number of hydrogen-bond donors (Lipinski definition) is 1. The maximum Gasteiger partial charge on any atom is 0.306 e. The lowest BCUT2D eigenvalue weighted by Gasteiger charge is -2.24. The lowest BCUT2D eigenvalue weighted by Crippen LogP contribution is -2.45. The third kappa shape index (κ3) is 4.31. The van der Waals surface area contributed by atoms with Crippen LogP contribution in [0.3, 0.4) is 0 Å². The molecular formula is C16H20N2O4. The summed E-state index contributed by atoms with van der Waals surface area (Å²) in [5, 5.41) is 0. The molecular weight excluding hydrogens is 284 g/mol. The lowest BCUT2D eigenvalue weighted by molar-refractivity contribution is -0.146. The molecule has 0 aliphatic carbocycles. The molecule has 2 N–H and O–H groups in total. The second kappa shape index (κ2) is 7.59. The summed E-state index contributed by atoms with van der Waals surface area (Å²) in [7, 11) is 0. The Bertz CT molecular complexity index is 544. The van der Waals surface area contributed by atoms with E-state index in [0.717, 1.165) is 12.0 Å². The first kappa shape index (κ1) is 16.0. The average Bonchev–Trinajstić information content (AvgIpc) is 2.92. The molecule has 1 saturated heterocycles. The maximum absolute atomic E-state index is 11.8. The molecule has 0 spiro atoms. The molecule has 2 rings (SSSR count). The molecule has 0 radical (unpaired) electrons. The van der Waals surface area contributed by atoms with Crippen LogP contribution >= 0.6 is 0 Å². The van der Waals surface area contributed by atoms with Crippen LogP contribution in [0.15, 0.2) is 30.3 Å². The summed E-state index contributed by atoms with van der Waals surface area (Å²) in [4.78, 5) is 36.4. The summed E-state index contributed by atoms with van der Waals surface area (Å²) in [6, 6.07) is 8.62. The maximum atomic E-state index is 11.8. The Morgan fingerprint density at radius 3 is 2.59 bits per heavy atom. The quantitative estimate of drug-likeness (QED) is 0.761. The van der Waals surface area contributed by atoms with Gasteiger partial charge in [0.05, 0.1) is 0 Å². The Hall–Kier alpha value is -2.37. The highest BCUT2D eigenvalue weighted by Crippen LogP contribution is 2.17. The monoisotopic (exact) mass is 304 g/mol. The van der Waals surface area contributed by atoms with Gasteiger partial charge >= 0.3 is 5.97 Å². The molecule has 0 saturated carbocycles. The van der Waals surface area contributed by atoms with E-state index in [0.29, 0.717) is 13.0 Å². The summed E-state index contributed by atoms with van der Waals surface area (Å²) >= 11 is 0. The van der Waals surface area contributed by atoms with Gasteiger partial charge in [-0.05, 0) is 18.4 Å². The minimum Gasteiger partial charge on any atom is -0.461 e. The van der Waals surface area contributed by atoms with Crippen LogP contribution in [0, 0.1) is 0 Å². The van der Waals surface area contributed by atoms with Crippen molar-refractivity contribution in [2.45, 2.75) is 38.3 Å². The third-order valence-corrected chi connectivity index (χ3v) is 3.68. The van der Waals surface area contributed by atoms with E-state index in [1.165, 1.54) is 4.90 Å². The fourth-order valence-corrected chi connectivity index (χ4v) is 2.52. The van der Waals surface area contributed by atoms with Gasteiger partial charge in [-0.1, -0.05) is 30.3 Å². The zero-order chi connectivity index (χ0) is 15.9. The van der Waals surface area contributed by atoms with Crippen LogP contribution in [0.1, 0.15) is 31.2 Å². The Morgan fingerprint density at radius 1 is 1.27 bits per heavy atom. The van der Waals surface area contributed by atoms with Gasteiger partial charge in [-0.15, -0.1) is 0 Å². The number of carbonyl (C=O) groups is 3. The van der Waals surface area contributed by atoms with Crippen LogP contribution in [0.2, 0.25) is 0 Å². The molecule has 1 aliphatic heterocycles. The number of amides is 2. The van der Waals surface area contributed by atoms with E-state index in [9.17, 15) is 14.4 Å². The normalized spacial score (nSPS) is 15.6. The van der Waals surface area contributed by atoms with Crippen LogP contribution in [-0.2, 0) is 25.7 Å². The molecule has 6 heteroatoms. The lowest BCUT2D eigenvalue weighted by atomic mass is 10.1. The number of benzene rings is 1. The largest absolute Gasteiger partial charge is 0.461 e. The molecule has 0 unspecified atom stereocenters. The van der Waals surface area contributed by atoms with Gasteiger partial charge in [0.15, 0.2) is 0 Å². The van der Waals surface area contributed by atoms with Crippen molar-refractivity contribution in [2.24, 2.45) is 5.73 Å². The van der Waals surface area contributed by atoms with E-state index in [-0.39, 0.29) is 25.4 Å². The summed E-state index contributed by atoms with van der Waals surface area (Å²) in [5.74, 6) is -1.06. The highest BCUT2D eigenvalue weighted by atomic mass is 16.5. The molecule has 1 aliphatic rings. The fraction of sp³-hybridized carbons (Fsp3) is 0.438. The molecule has 118 valence electrons. The highest BCUT2D eigenvalue weighted by Gasteiger charge is 2.31. The van der Waals surface area contributed by atoms with Crippen molar-refractivity contribution in [1.82, 2.24) is 4.90 Å². The average molecular weight is 304 g/mol. The summed E-state index contributed by atoms with van der Waals surface area (Å²) in [6.45, 7) is 0.717. The van der Waals surface area contributed by atoms with E-state index >= 15 is 0 Å². The number of nitrogens with zero attached hydrogens (tertiary/aromatic N) is 1. The van der Waals surface area contributed by atoms with Crippen LogP contribution in [0.5, 0.6) is 0 Å². The van der Waals surface area contributed by atoms with E-state index in [1.807, 2.05) is 30.3 Å². The summed E-state index contributed by atoms with van der Waals surface area (Å²) < 4.78 is 5.15. The van der Waals surface area contributed by atoms with Crippen LogP contribution in [-0.4, -0.2) is 35.3 Å². The molecule has 0 aromatic heterocycles. The summed E-state index contributed by atoms with van der Waals surface area (Å²) in [6.07, 6.45) is 1.42. The molecule has 1 atom stereocenters. The van der Waals surface area contributed by atoms with Gasteiger partial charge in [0.2, 0.25) is 11.8 Å². The molecule has 1 heterocycles. The number of likely N-dealkylation sites (tertiary alicyclic amines) is 1. The number of ether oxygens (including phenoxy) is 1. The van der Waals surface area contributed by atoms with Crippen molar-refractivity contribution in [1.29, 1.82) is 0 Å². The SMILES string of the molecule is NC(=O)[C@@H](CCC(=O)OCc1ccccc1)N1CCCC1=O. The standard InChI is InChI=1S/C16H20N2O4/c17-16(21)13(18-10-4-7-14(18)19)8-9-15(20)22-11-12-5-2-1-3-6-12/h1-3,5-6,13H,4,7-11H2,(H2,17,21)/t13-/m1/s1. The predicted octanol–water partition coefficient (Wildman–Crippen LogP) is 0.986. The van der Waals surface area contributed by atoms with Crippen molar-refractivity contribution in [3.63, 3.8) is 0 Å². The van der Waals surface area contributed by atoms with Crippen LogP contribution in [0.4, 0.5) is 0 Å². The minimum absolute atomic E-state index is 0.0597. The van der Waals surface area contributed by atoms with Crippen molar-refractivity contribution in [3.8, 4) is 0 Å². The molecule has 2 amide bonds. The van der Waals surface area contributed by atoms with Crippen molar-refractivity contribution in [3.05, 3.63) is 35.9 Å². The second-order valence-electron chi connectivity index (χ2n) is 5.29. The Morgan fingerprint density at radius 2 is 2.00 bits per heavy atom. The minimum atomic E-state index is -0.723. The van der Waals surface area contributed by atoms with Gasteiger partial charge in [-0.25, -0.2) is 0 Å². The zero-order valence-electron chi connectivity index (χ0n) is 12.4. The van der Waals surface area contributed by atoms with E-state index in [4.69, 9.17) is 10.5 Å². The first-order chi connectivity index (χ1) is 10.6. The number of rotatable bonds is 7. The third-order valence-electron chi connectivity index (χ3n) is 3.68. The fourth-order valence-electron chi connectivity index (χ4n) is 2.52. The van der Waals surface area contributed by atoms with Gasteiger partial charge in [0, 0.05) is 19.4 Å². The zero-order valence-corrected chi connectivity index (χ0v) is 12.4. The van der Waals surface area contributed by atoms with E-state index < -0.39 is 17.9 Å². The molecule has 0 bridgehead atoms. The highest BCUT2D eigenvalue weighted by molar-refractivity contribution is 5.88. The Kier molecular flexibility index (Phi) is 5.52. The predicted molar refractivity (Wildman–Crippen MR) is 79.4 cm³/mol. The van der Waals surface area contributed by atoms with Gasteiger partial charge in [0.1, 0.15) is 12.6 Å². The van der Waals surface area contributed by atoms with Gasteiger partial charge in [0.25, 0.3) is 0 Å². The molecule has 1 aromatic carbocycles. The Balaban J connectivity index is 1.80. The summed E-state index contributed by atoms with van der Waals surface area (Å²) in [5.41, 5.74) is 6.25. The number of nitrogens with two attached hydrogens (primary N) is 1. The molecule has 6 nitrogen and oxygen atoms in total. The van der Waals surface area contributed by atoms with Crippen LogP contribution in [0.25, 0.3) is 0 Å². The number of carbonyl (C=O) groups excluding carboxylic acids is 3. The molecule has 1 fully saturated rings. The van der Waals surface area contributed by atoms with Crippen molar-refractivity contribution >= 4 is 17.8 Å². The molecule has 22 heavy (non-hydrogen) atoms. The smallest absolute Gasteiger partial charge is 0.306 e. The van der Waals surface area contributed by atoms with Crippen molar-refractivity contribution < 1.29 is 19.1 Å². The molecule has 1 aromatic rings.